The number of para-hydroxylation sites is 1. The average molecular weight is 226 g/mol. The maximum absolute atomic E-state index is 5.78. The molecule has 0 saturated carbocycles. The largest absolute Gasteiger partial charge is 0.491 e. The molecule has 0 atom stereocenters. The summed E-state index contributed by atoms with van der Waals surface area (Å²) in [5.74, 6) is 1.06. The van der Waals surface area contributed by atoms with E-state index in [4.69, 9.17) is 4.74 Å². The molecule has 1 aliphatic rings. The number of benzene rings is 1. The molecule has 0 aliphatic carbocycles. The minimum atomic E-state index is 0.217. The van der Waals surface area contributed by atoms with Crippen LogP contribution in [0.4, 0.5) is 0 Å². The van der Waals surface area contributed by atoms with E-state index in [2.05, 4.69) is 30.7 Å². The summed E-state index contributed by atoms with van der Waals surface area (Å²) in [7, 11) is 0. The second-order valence-electron chi connectivity index (χ2n) is 3.39. The molecule has 1 aromatic carbocycles. The van der Waals surface area contributed by atoms with Gasteiger partial charge in [-0.25, -0.2) is 0 Å². The molecule has 0 amide bonds. The third-order valence-electron chi connectivity index (χ3n) is 2.62. The van der Waals surface area contributed by atoms with Gasteiger partial charge in [0.05, 0.1) is 4.08 Å². The van der Waals surface area contributed by atoms with Gasteiger partial charge in [-0.1, -0.05) is 18.2 Å². The second-order valence-corrected chi connectivity index (χ2v) is 6.03. The van der Waals surface area contributed by atoms with Gasteiger partial charge in [0, 0.05) is 6.42 Å². The van der Waals surface area contributed by atoms with Crippen LogP contribution in [0.25, 0.3) is 0 Å². The predicted octanol–water partition coefficient (Wildman–Crippen LogP) is 3.04. The van der Waals surface area contributed by atoms with E-state index in [0.29, 0.717) is 0 Å². The molecule has 2 rings (SSSR count). The molecule has 1 aliphatic heterocycles. The van der Waals surface area contributed by atoms with Crippen LogP contribution in [0.15, 0.2) is 24.3 Å². The Bertz CT molecular complexity index is 321. The first-order valence-corrected chi connectivity index (χ1v) is 7.06. The molecular weight excluding hydrogens is 212 g/mol. The zero-order chi connectivity index (χ0) is 10.0. The number of rotatable bonds is 2. The Balaban J connectivity index is 2.28. The van der Waals surface area contributed by atoms with Crippen LogP contribution >= 0.6 is 23.5 Å². The zero-order valence-electron chi connectivity index (χ0n) is 8.45. The van der Waals surface area contributed by atoms with E-state index in [0.717, 1.165) is 18.8 Å². The lowest BCUT2D eigenvalue weighted by atomic mass is 10.1. The van der Waals surface area contributed by atoms with Gasteiger partial charge in [0.1, 0.15) is 12.4 Å². The van der Waals surface area contributed by atoms with Crippen LogP contribution in [0.2, 0.25) is 0 Å². The molecule has 0 aromatic heterocycles. The molecular formula is C11H14OS2. The maximum Gasteiger partial charge on any atom is 0.122 e. The van der Waals surface area contributed by atoms with Crippen LogP contribution in [0.3, 0.4) is 0 Å². The number of hydrogen-bond acceptors (Lipinski definition) is 3. The normalized spacial score (nSPS) is 18.4. The highest BCUT2D eigenvalue weighted by molar-refractivity contribution is 8.17. The van der Waals surface area contributed by atoms with Crippen LogP contribution in [-0.2, 0) is 6.42 Å². The van der Waals surface area contributed by atoms with Crippen molar-refractivity contribution >= 4 is 23.5 Å². The van der Waals surface area contributed by atoms with Gasteiger partial charge in [0.2, 0.25) is 0 Å². The molecule has 1 aromatic rings. The first kappa shape index (κ1) is 10.2. The maximum atomic E-state index is 5.78. The van der Waals surface area contributed by atoms with Gasteiger partial charge in [0.25, 0.3) is 0 Å². The van der Waals surface area contributed by atoms with Gasteiger partial charge in [-0.05, 0) is 24.1 Å². The third kappa shape index (κ3) is 1.75. The highest BCUT2D eigenvalue weighted by Gasteiger charge is 2.34. The van der Waals surface area contributed by atoms with Crippen molar-refractivity contribution in [2.75, 3.05) is 19.1 Å². The minimum Gasteiger partial charge on any atom is -0.491 e. The molecule has 76 valence electrons. The molecule has 14 heavy (non-hydrogen) atoms. The third-order valence-corrected chi connectivity index (χ3v) is 5.64. The number of hydrogen-bond donors (Lipinski definition) is 0. The van der Waals surface area contributed by atoms with Gasteiger partial charge in [-0.3, -0.25) is 0 Å². The number of ether oxygens (including phenoxy) is 1. The van der Waals surface area contributed by atoms with Crippen molar-refractivity contribution < 1.29 is 4.74 Å². The predicted molar refractivity (Wildman–Crippen MR) is 65.4 cm³/mol. The van der Waals surface area contributed by atoms with Gasteiger partial charge in [0.15, 0.2) is 0 Å². The van der Waals surface area contributed by atoms with Gasteiger partial charge in [-0.15, -0.1) is 23.5 Å². The van der Waals surface area contributed by atoms with Crippen molar-refractivity contribution in [3.05, 3.63) is 29.8 Å². The topological polar surface area (TPSA) is 9.23 Å². The summed E-state index contributed by atoms with van der Waals surface area (Å²) in [5.41, 5.74) is 1.34. The van der Waals surface area contributed by atoms with E-state index in [1.54, 1.807) is 0 Å². The van der Waals surface area contributed by atoms with Crippen LogP contribution in [0.5, 0.6) is 5.75 Å². The lowest BCUT2D eigenvalue weighted by Gasteiger charge is -2.35. The van der Waals surface area contributed by atoms with Gasteiger partial charge in [-0.2, -0.15) is 0 Å². The fourth-order valence-corrected chi connectivity index (χ4v) is 3.29. The summed E-state index contributed by atoms with van der Waals surface area (Å²) in [6.07, 6.45) is 5.42. The molecule has 0 spiro atoms. The van der Waals surface area contributed by atoms with E-state index in [1.165, 1.54) is 5.56 Å². The molecule has 0 N–H and O–H groups in total. The van der Waals surface area contributed by atoms with Gasteiger partial charge < -0.3 is 4.74 Å². The van der Waals surface area contributed by atoms with Crippen LogP contribution in [0.1, 0.15) is 5.56 Å². The van der Waals surface area contributed by atoms with E-state index in [-0.39, 0.29) is 4.08 Å². The Labute approximate surface area is 93.6 Å². The standard InChI is InChI=1S/C11H14OS2/c1-13-11(14-2)7-9-5-3-4-6-10(9)12-8-11/h3-6H,7-8H2,1-2H3. The van der Waals surface area contributed by atoms with Crippen LogP contribution in [0, 0.1) is 0 Å². The van der Waals surface area contributed by atoms with Crippen molar-refractivity contribution in [1.82, 2.24) is 0 Å². The molecule has 0 unspecified atom stereocenters. The fourth-order valence-electron chi connectivity index (χ4n) is 1.67. The molecule has 0 radical (unpaired) electrons. The number of fused-ring (bicyclic) bond motifs is 1. The lowest BCUT2D eigenvalue weighted by Crippen LogP contribution is -2.34. The molecule has 0 bridgehead atoms. The highest BCUT2D eigenvalue weighted by Crippen LogP contribution is 2.42. The molecule has 1 heterocycles. The van der Waals surface area contributed by atoms with Crippen LogP contribution in [-0.4, -0.2) is 23.2 Å². The fraction of sp³-hybridized carbons (Fsp3) is 0.455. The molecule has 0 fully saturated rings. The Morgan fingerprint density at radius 2 is 1.93 bits per heavy atom. The number of thioether (sulfide) groups is 2. The zero-order valence-corrected chi connectivity index (χ0v) is 10.1. The van der Waals surface area contributed by atoms with Gasteiger partial charge >= 0.3 is 0 Å². The van der Waals surface area contributed by atoms with Crippen molar-refractivity contribution in [1.29, 1.82) is 0 Å². The summed E-state index contributed by atoms with van der Waals surface area (Å²) in [6.45, 7) is 0.812. The Morgan fingerprint density at radius 1 is 1.21 bits per heavy atom. The highest BCUT2D eigenvalue weighted by atomic mass is 32.2. The van der Waals surface area contributed by atoms with E-state index in [9.17, 15) is 0 Å². The monoisotopic (exact) mass is 226 g/mol. The lowest BCUT2D eigenvalue weighted by molar-refractivity contribution is 0.283. The summed E-state index contributed by atoms with van der Waals surface area (Å²) in [6, 6.07) is 8.33. The first-order chi connectivity index (χ1) is 6.79. The van der Waals surface area contributed by atoms with Crippen molar-refractivity contribution in [2.24, 2.45) is 0 Å². The molecule has 1 nitrogen and oxygen atoms in total. The van der Waals surface area contributed by atoms with E-state index >= 15 is 0 Å². The minimum absolute atomic E-state index is 0.217. The first-order valence-electron chi connectivity index (χ1n) is 4.61. The summed E-state index contributed by atoms with van der Waals surface area (Å²) in [4.78, 5) is 0. The Morgan fingerprint density at radius 3 is 2.64 bits per heavy atom. The smallest absolute Gasteiger partial charge is 0.122 e. The quantitative estimate of drug-likeness (QED) is 0.717. The summed E-state index contributed by atoms with van der Waals surface area (Å²) in [5, 5.41) is 0. The average Bonchev–Trinajstić information content (AvgIpc) is 2.28. The molecule has 3 heteroatoms. The Hall–Kier alpha value is -0.280. The van der Waals surface area contributed by atoms with Crippen molar-refractivity contribution in [3.8, 4) is 5.75 Å². The van der Waals surface area contributed by atoms with Crippen molar-refractivity contribution in [3.63, 3.8) is 0 Å². The Kier molecular flexibility index (Phi) is 2.98. The summed E-state index contributed by atoms with van der Waals surface area (Å²) < 4.78 is 6.00. The van der Waals surface area contributed by atoms with Crippen LogP contribution < -0.4 is 4.74 Å². The summed E-state index contributed by atoms with van der Waals surface area (Å²) >= 11 is 3.79. The molecule has 0 saturated heterocycles. The van der Waals surface area contributed by atoms with Crippen molar-refractivity contribution in [2.45, 2.75) is 10.5 Å². The second kappa shape index (κ2) is 4.07. The van der Waals surface area contributed by atoms with E-state index in [1.807, 2.05) is 29.6 Å². The van der Waals surface area contributed by atoms with E-state index < -0.39 is 0 Å². The SMILES string of the molecule is CSC1(SC)COc2ccccc2C1.